The van der Waals surface area contributed by atoms with Crippen LogP contribution in [0.1, 0.15) is 25.7 Å². The zero-order valence-electron chi connectivity index (χ0n) is 13.9. The lowest BCUT2D eigenvalue weighted by molar-refractivity contribution is -0.109. The summed E-state index contributed by atoms with van der Waals surface area (Å²) in [5.74, 6) is 2.38. The number of nitrogens with zero attached hydrogens (tertiary/aromatic N) is 1. The first-order valence-corrected chi connectivity index (χ1v) is 8.90. The van der Waals surface area contributed by atoms with Gasteiger partial charge in [0.15, 0.2) is 17.8 Å². The Morgan fingerprint density at radius 2 is 1.96 bits per heavy atom. The molecule has 0 amide bonds. The fraction of sp³-hybridized carbons (Fsp3) is 0.667. The largest absolute Gasteiger partial charge is 0.493 e. The molecule has 1 unspecified atom stereocenters. The second kappa shape index (κ2) is 7.59. The van der Waals surface area contributed by atoms with Gasteiger partial charge in [-0.1, -0.05) is 6.42 Å². The second-order valence-corrected chi connectivity index (χ2v) is 6.43. The first-order chi connectivity index (χ1) is 11.9. The van der Waals surface area contributed by atoms with Crippen LogP contribution in [0.4, 0.5) is 0 Å². The molecule has 0 spiro atoms. The van der Waals surface area contributed by atoms with Crippen LogP contribution in [0.25, 0.3) is 0 Å². The van der Waals surface area contributed by atoms with Crippen LogP contribution >= 0.6 is 0 Å². The summed E-state index contributed by atoms with van der Waals surface area (Å²) in [4.78, 5) is 2.50. The first kappa shape index (κ1) is 16.0. The van der Waals surface area contributed by atoms with Crippen LogP contribution in [-0.4, -0.2) is 56.9 Å². The SMILES string of the molecule is c1cc2c(cc1OCCCN1CCCCC1C1OCCO1)OCO2. The number of hydrogen-bond acceptors (Lipinski definition) is 6. The molecule has 1 aromatic carbocycles. The van der Waals surface area contributed by atoms with Gasteiger partial charge in [0, 0.05) is 12.6 Å². The molecule has 0 N–H and O–H groups in total. The lowest BCUT2D eigenvalue weighted by Gasteiger charge is -2.37. The minimum absolute atomic E-state index is 0.0416. The van der Waals surface area contributed by atoms with E-state index in [9.17, 15) is 0 Å². The molecule has 6 nitrogen and oxygen atoms in total. The molecule has 2 fully saturated rings. The molecule has 3 aliphatic rings. The van der Waals surface area contributed by atoms with Gasteiger partial charge in [-0.15, -0.1) is 0 Å². The topological polar surface area (TPSA) is 49.4 Å². The van der Waals surface area contributed by atoms with E-state index in [0.717, 1.165) is 56.4 Å². The number of fused-ring (bicyclic) bond motifs is 1. The van der Waals surface area contributed by atoms with Crippen LogP contribution < -0.4 is 14.2 Å². The highest BCUT2D eigenvalue weighted by atomic mass is 16.7. The monoisotopic (exact) mass is 335 g/mol. The summed E-state index contributed by atoms with van der Waals surface area (Å²) >= 11 is 0. The molecule has 0 bridgehead atoms. The van der Waals surface area contributed by atoms with Gasteiger partial charge in [0.25, 0.3) is 0 Å². The lowest BCUT2D eigenvalue weighted by Crippen LogP contribution is -2.47. The van der Waals surface area contributed by atoms with Crippen molar-refractivity contribution in [1.29, 1.82) is 0 Å². The van der Waals surface area contributed by atoms with Crippen LogP contribution in [0, 0.1) is 0 Å². The molecular formula is C18H25NO5. The summed E-state index contributed by atoms with van der Waals surface area (Å²) in [6.45, 7) is 4.57. The summed E-state index contributed by atoms with van der Waals surface area (Å²) in [6.07, 6.45) is 4.62. The molecule has 24 heavy (non-hydrogen) atoms. The van der Waals surface area contributed by atoms with Crippen LogP contribution in [0.3, 0.4) is 0 Å². The highest BCUT2D eigenvalue weighted by molar-refractivity contribution is 5.46. The molecule has 132 valence electrons. The van der Waals surface area contributed by atoms with Crippen molar-refractivity contribution in [3.63, 3.8) is 0 Å². The van der Waals surface area contributed by atoms with E-state index in [1.54, 1.807) is 0 Å². The summed E-state index contributed by atoms with van der Waals surface area (Å²) in [5.41, 5.74) is 0. The minimum atomic E-state index is -0.0416. The van der Waals surface area contributed by atoms with E-state index >= 15 is 0 Å². The zero-order valence-corrected chi connectivity index (χ0v) is 13.9. The van der Waals surface area contributed by atoms with Crippen molar-refractivity contribution in [3.8, 4) is 17.2 Å². The molecule has 0 radical (unpaired) electrons. The van der Waals surface area contributed by atoms with E-state index in [-0.39, 0.29) is 6.29 Å². The van der Waals surface area contributed by atoms with Crippen molar-refractivity contribution >= 4 is 0 Å². The molecule has 1 atom stereocenters. The minimum Gasteiger partial charge on any atom is -0.493 e. The molecule has 6 heteroatoms. The van der Waals surface area contributed by atoms with Crippen LogP contribution in [0.15, 0.2) is 18.2 Å². The standard InChI is InChI=1S/C18H25NO5/c1-2-7-19(15(4-1)18-21-10-11-22-18)8-3-9-20-14-5-6-16-17(12-14)24-13-23-16/h5-6,12,15,18H,1-4,7-11,13H2. The van der Waals surface area contributed by atoms with Gasteiger partial charge < -0.3 is 23.7 Å². The Balaban J connectivity index is 1.24. The van der Waals surface area contributed by atoms with Crippen molar-refractivity contribution in [1.82, 2.24) is 4.90 Å². The van der Waals surface area contributed by atoms with Gasteiger partial charge in [-0.3, -0.25) is 4.90 Å². The molecule has 1 aromatic rings. The third kappa shape index (κ3) is 3.61. The number of ether oxygens (including phenoxy) is 5. The van der Waals surface area contributed by atoms with Crippen molar-refractivity contribution in [2.24, 2.45) is 0 Å². The van der Waals surface area contributed by atoms with E-state index in [1.807, 2.05) is 18.2 Å². The zero-order chi connectivity index (χ0) is 16.2. The second-order valence-electron chi connectivity index (χ2n) is 6.43. The van der Waals surface area contributed by atoms with E-state index < -0.39 is 0 Å². The lowest BCUT2D eigenvalue weighted by atomic mass is 10.0. The highest BCUT2D eigenvalue weighted by Crippen LogP contribution is 2.35. The average Bonchev–Trinajstić information content (AvgIpc) is 3.30. The van der Waals surface area contributed by atoms with Crippen LogP contribution in [-0.2, 0) is 9.47 Å². The maximum Gasteiger partial charge on any atom is 0.231 e. The van der Waals surface area contributed by atoms with E-state index in [4.69, 9.17) is 23.7 Å². The van der Waals surface area contributed by atoms with E-state index in [1.165, 1.54) is 12.8 Å². The predicted molar refractivity (Wildman–Crippen MR) is 87.6 cm³/mol. The number of hydrogen-bond donors (Lipinski definition) is 0. The van der Waals surface area contributed by atoms with E-state index in [0.29, 0.717) is 19.4 Å². The Morgan fingerprint density at radius 1 is 1.08 bits per heavy atom. The van der Waals surface area contributed by atoms with Crippen LogP contribution in [0.2, 0.25) is 0 Å². The Hall–Kier alpha value is -1.50. The van der Waals surface area contributed by atoms with Crippen molar-refractivity contribution < 1.29 is 23.7 Å². The third-order valence-corrected chi connectivity index (χ3v) is 4.83. The number of rotatable bonds is 6. The van der Waals surface area contributed by atoms with Crippen molar-refractivity contribution in [3.05, 3.63) is 18.2 Å². The molecule has 3 aliphatic heterocycles. The predicted octanol–water partition coefficient (Wildman–Crippen LogP) is 2.41. The van der Waals surface area contributed by atoms with E-state index in [2.05, 4.69) is 4.90 Å². The molecule has 2 saturated heterocycles. The molecule has 3 heterocycles. The summed E-state index contributed by atoms with van der Waals surface area (Å²) in [6, 6.07) is 6.11. The number of piperidine rings is 1. The van der Waals surface area contributed by atoms with Gasteiger partial charge in [-0.25, -0.2) is 0 Å². The van der Waals surface area contributed by atoms with Gasteiger partial charge >= 0.3 is 0 Å². The Bertz CT molecular complexity index is 546. The number of likely N-dealkylation sites (tertiary alicyclic amines) is 1. The van der Waals surface area contributed by atoms with Crippen molar-refractivity contribution in [2.75, 3.05) is 39.7 Å². The highest BCUT2D eigenvalue weighted by Gasteiger charge is 2.33. The molecule has 0 saturated carbocycles. The van der Waals surface area contributed by atoms with Gasteiger partial charge in [0.05, 0.1) is 25.9 Å². The summed E-state index contributed by atoms with van der Waals surface area (Å²) in [5, 5.41) is 0. The summed E-state index contributed by atoms with van der Waals surface area (Å²) < 4.78 is 28.0. The third-order valence-electron chi connectivity index (χ3n) is 4.83. The fourth-order valence-electron chi connectivity index (χ4n) is 3.63. The number of benzene rings is 1. The molecular weight excluding hydrogens is 310 g/mol. The average molecular weight is 335 g/mol. The maximum absolute atomic E-state index is 5.86. The Morgan fingerprint density at radius 3 is 2.88 bits per heavy atom. The van der Waals surface area contributed by atoms with Gasteiger partial charge in [0.2, 0.25) is 6.79 Å². The fourth-order valence-corrected chi connectivity index (χ4v) is 3.63. The van der Waals surface area contributed by atoms with Crippen molar-refractivity contribution in [2.45, 2.75) is 38.0 Å². The van der Waals surface area contributed by atoms with Gasteiger partial charge in [-0.2, -0.15) is 0 Å². The van der Waals surface area contributed by atoms with Crippen LogP contribution in [0.5, 0.6) is 17.2 Å². The quantitative estimate of drug-likeness (QED) is 0.744. The summed E-state index contributed by atoms with van der Waals surface area (Å²) in [7, 11) is 0. The first-order valence-electron chi connectivity index (χ1n) is 8.90. The Labute approximate surface area is 142 Å². The molecule has 0 aromatic heterocycles. The normalized spacial score (nSPS) is 24.4. The molecule has 0 aliphatic carbocycles. The Kier molecular flexibility index (Phi) is 5.06. The van der Waals surface area contributed by atoms with Gasteiger partial charge in [-0.05, 0) is 37.9 Å². The maximum atomic E-state index is 5.86. The smallest absolute Gasteiger partial charge is 0.231 e. The van der Waals surface area contributed by atoms with Gasteiger partial charge in [0.1, 0.15) is 5.75 Å². The molecule has 4 rings (SSSR count).